The Morgan fingerprint density at radius 2 is 2.11 bits per heavy atom. The first-order chi connectivity index (χ1) is 9.06. The third kappa shape index (κ3) is 5.28. The second kappa shape index (κ2) is 7.76. The first kappa shape index (κ1) is 15.5. The van der Waals surface area contributed by atoms with Crippen LogP contribution in [-0.4, -0.2) is 35.4 Å². The molecular formula is C14H22N2O3. The summed E-state index contributed by atoms with van der Waals surface area (Å²) in [4.78, 5) is 11.6. The minimum absolute atomic E-state index is 0.0305. The van der Waals surface area contributed by atoms with E-state index in [1.165, 1.54) is 0 Å². The van der Waals surface area contributed by atoms with Gasteiger partial charge in [0.1, 0.15) is 0 Å². The summed E-state index contributed by atoms with van der Waals surface area (Å²) in [6.45, 7) is 3.84. The number of aliphatic hydroxyl groups is 2. The van der Waals surface area contributed by atoms with Gasteiger partial charge in [-0.2, -0.15) is 0 Å². The number of amides is 1. The van der Waals surface area contributed by atoms with E-state index in [1.54, 1.807) is 0 Å². The van der Waals surface area contributed by atoms with Crippen LogP contribution in [0.4, 0.5) is 11.4 Å². The van der Waals surface area contributed by atoms with Gasteiger partial charge in [0.05, 0.1) is 24.1 Å². The topological polar surface area (TPSA) is 81.6 Å². The molecule has 5 nitrogen and oxygen atoms in total. The van der Waals surface area contributed by atoms with Crippen molar-refractivity contribution in [2.45, 2.75) is 32.8 Å². The zero-order chi connectivity index (χ0) is 14.3. The fourth-order valence-electron chi connectivity index (χ4n) is 1.65. The highest BCUT2D eigenvalue weighted by atomic mass is 16.3. The highest BCUT2D eigenvalue weighted by Gasteiger charge is 2.08. The van der Waals surface area contributed by atoms with Crippen LogP contribution in [0, 0.1) is 6.92 Å². The number of aliphatic hydroxyl groups excluding tert-OH is 2. The van der Waals surface area contributed by atoms with Crippen LogP contribution < -0.4 is 10.6 Å². The molecule has 0 fully saturated rings. The minimum Gasteiger partial charge on any atom is -0.394 e. The Morgan fingerprint density at radius 1 is 1.37 bits per heavy atom. The van der Waals surface area contributed by atoms with Crippen LogP contribution in [0.1, 0.15) is 25.3 Å². The van der Waals surface area contributed by atoms with E-state index in [0.717, 1.165) is 17.7 Å². The molecule has 0 saturated carbocycles. The van der Waals surface area contributed by atoms with E-state index in [-0.39, 0.29) is 19.1 Å². The van der Waals surface area contributed by atoms with Crippen LogP contribution >= 0.6 is 0 Å². The van der Waals surface area contributed by atoms with E-state index >= 15 is 0 Å². The molecule has 0 aliphatic carbocycles. The molecule has 1 unspecified atom stereocenters. The molecule has 4 N–H and O–H groups in total. The molecule has 0 saturated heterocycles. The molecule has 1 atom stereocenters. The van der Waals surface area contributed by atoms with Crippen molar-refractivity contribution in [2.24, 2.45) is 0 Å². The van der Waals surface area contributed by atoms with Gasteiger partial charge in [0.25, 0.3) is 0 Å². The Kier molecular flexibility index (Phi) is 6.32. The summed E-state index contributed by atoms with van der Waals surface area (Å²) >= 11 is 0. The number of aryl methyl sites for hydroxylation is 1. The third-order valence-corrected chi connectivity index (χ3v) is 2.67. The van der Waals surface area contributed by atoms with Gasteiger partial charge in [-0.05, 0) is 31.0 Å². The Hall–Kier alpha value is -1.59. The standard InChI is InChI=1S/C14H22N2O3/c1-3-4-14(19)16-12-6-5-10(2)7-13(12)15-8-11(18)9-17/h5-7,11,15,17-18H,3-4,8-9H2,1-2H3,(H,16,19). The fourth-order valence-corrected chi connectivity index (χ4v) is 1.65. The van der Waals surface area contributed by atoms with Gasteiger partial charge >= 0.3 is 0 Å². The van der Waals surface area contributed by atoms with Crippen LogP contribution in [0.25, 0.3) is 0 Å². The summed E-state index contributed by atoms with van der Waals surface area (Å²) in [6.07, 6.45) is 0.454. The van der Waals surface area contributed by atoms with E-state index in [2.05, 4.69) is 10.6 Å². The molecule has 0 aliphatic heterocycles. The van der Waals surface area contributed by atoms with Crippen molar-refractivity contribution in [2.75, 3.05) is 23.8 Å². The highest BCUT2D eigenvalue weighted by Crippen LogP contribution is 2.23. The average molecular weight is 266 g/mol. The second-order valence-electron chi connectivity index (χ2n) is 4.56. The Morgan fingerprint density at radius 3 is 2.74 bits per heavy atom. The molecule has 5 heteroatoms. The van der Waals surface area contributed by atoms with E-state index in [1.807, 2.05) is 32.0 Å². The zero-order valence-corrected chi connectivity index (χ0v) is 11.4. The van der Waals surface area contributed by atoms with Crippen molar-refractivity contribution in [3.05, 3.63) is 23.8 Å². The van der Waals surface area contributed by atoms with Crippen LogP contribution in [0.3, 0.4) is 0 Å². The van der Waals surface area contributed by atoms with Crippen molar-refractivity contribution in [1.82, 2.24) is 0 Å². The maximum Gasteiger partial charge on any atom is 0.224 e. The predicted molar refractivity (Wildman–Crippen MR) is 76.3 cm³/mol. The van der Waals surface area contributed by atoms with Gasteiger partial charge in [0.2, 0.25) is 5.91 Å². The van der Waals surface area contributed by atoms with Gasteiger partial charge in [-0.15, -0.1) is 0 Å². The molecule has 1 amide bonds. The van der Waals surface area contributed by atoms with E-state index in [4.69, 9.17) is 5.11 Å². The van der Waals surface area contributed by atoms with E-state index in [9.17, 15) is 9.90 Å². The second-order valence-corrected chi connectivity index (χ2v) is 4.56. The Labute approximate surface area is 113 Å². The quantitative estimate of drug-likeness (QED) is 0.603. The lowest BCUT2D eigenvalue weighted by Gasteiger charge is -2.15. The predicted octanol–water partition coefficient (Wildman–Crippen LogP) is 1.50. The Bertz CT molecular complexity index is 421. The number of carbonyl (C=O) groups excluding carboxylic acids is 1. The number of nitrogens with one attached hydrogen (secondary N) is 2. The van der Waals surface area contributed by atoms with Crippen LogP contribution in [-0.2, 0) is 4.79 Å². The molecule has 19 heavy (non-hydrogen) atoms. The van der Waals surface area contributed by atoms with Gasteiger partial charge in [-0.3, -0.25) is 4.79 Å². The molecule has 0 heterocycles. The average Bonchev–Trinajstić information content (AvgIpc) is 2.38. The van der Waals surface area contributed by atoms with Gasteiger partial charge < -0.3 is 20.8 Å². The summed E-state index contributed by atoms with van der Waals surface area (Å²) in [5, 5.41) is 24.0. The summed E-state index contributed by atoms with van der Waals surface area (Å²) in [6, 6.07) is 5.64. The van der Waals surface area contributed by atoms with Gasteiger partial charge in [0.15, 0.2) is 0 Å². The largest absolute Gasteiger partial charge is 0.394 e. The summed E-state index contributed by atoms with van der Waals surface area (Å²) in [7, 11) is 0. The van der Waals surface area contributed by atoms with Crippen LogP contribution in [0.15, 0.2) is 18.2 Å². The van der Waals surface area contributed by atoms with Gasteiger partial charge in [-0.25, -0.2) is 0 Å². The van der Waals surface area contributed by atoms with Crippen molar-refractivity contribution in [1.29, 1.82) is 0 Å². The van der Waals surface area contributed by atoms with E-state index in [0.29, 0.717) is 12.1 Å². The third-order valence-electron chi connectivity index (χ3n) is 2.67. The summed E-state index contributed by atoms with van der Waals surface area (Å²) in [5.74, 6) is -0.0305. The van der Waals surface area contributed by atoms with Crippen molar-refractivity contribution in [3.8, 4) is 0 Å². The molecule has 1 aromatic carbocycles. The van der Waals surface area contributed by atoms with Crippen LogP contribution in [0.5, 0.6) is 0 Å². The molecule has 0 bridgehead atoms. The molecule has 1 rings (SSSR count). The molecule has 0 aromatic heterocycles. The number of hydrogen-bond donors (Lipinski definition) is 4. The number of hydrogen-bond acceptors (Lipinski definition) is 4. The highest BCUT2D eigenvalue weighted by molar-refractivity contribution is 5.94. The first-order valence-electron chi connectivity index (χ1n) is 6.50. The number of benzene rings is 1. The fraction of sp³-hybridized carbons (Fsp3) is 0.500. The van der Waals surface area contributed by atoms with Crippen molar-refractivity contribution >= 4 is 17.3 Å². The molecule has 0 aliphatic rings. The summed E-state index contributed by atoms with van der Waals surface area (Å²) < 4.78 is 0. The lowest BCUT2D eigenvalue weighted by atomic mass is 10.1. The Balaban J connectivity index is 2.76. The van der Waals surface area contributed by atoms with E-state index < -0.39 is 6.10 Å². The normalized spacial score (nSPS) is 12.0. The lowest BCUT2D eigenvalue weighted by molar-refractivity contribution is -0.116. The van der Waals surface area contributed by atoms with Crippen molar-refractivity contribution < 1.29 is 15.0 Å². The lowest BCUT2D eigenvalue weighted by Crippen LogP contribution is -2.23. The minimum atomic E-state index is -0.820. The maximum atomic E-state index is 11.6. The van der Waals surface area contributed by atoms with Crippen molar-refractivity contribution in [3.63, 3.8) is 0 Å². The monoisotopic (exact) mass is 266 g/mol. The number of rotatable bonds is 7. The molecule has 0 radical (unpaired) electrons. The van der Waals surface area contributed by atoms with Gasteiger partial charge in [0, 0.05) is 13.0 Å². The number of anilines is 2. The number of carbonyl (C=O) groups is 1. The zero-order valence-electron chi connectivity index (χ0n) is 11.4. The first-order valence-corrected chi connectivity index (χ1v) is 6.50. The van der Waals surface area contributed by atoms with Crippen LogP contribution in [0.2, 0.25) is 0 Å². The SMILES string of the molecule is CCCC(=O)Nc1ccc(C)cc1NCC(O)CO. The summed E-state index contributed by atoms with van der Waals surface area (Å²) in [5.41, 5.74) is 2.49. The molecule has 1 aromatic rings. The molecular weight excluding hydrogens is 244 g/mol. The van der Waals surface area contributed by atoms with Gasteiger partial charge in [-0.1, -0.05) is 13.0 Å². The smallest absolute Gasteiger partial charge is 0.224 e. The molecule has 106 valence electrons. The maximum absolute atomic E-state index is 11.6. The molecule has 0 spiro atoms.